The molecule has 0 aliphatic carbocycles. The summed E-state index contributed by atoms with van der Waals surface area (Å²) in [5.41, 5.74) is 2.85. The molecule has 0 spiro atoms. The molecule has 3 rings (SSSR count). The highest BCUT2D eigenvalue weighted by molar-refractivity contribution is 5.99. The van der Waals surface area contributed by atoms with Gasteiger partial charge >= 0.3 is 0 Å². The van der Waals surface area contributed by atoms with Crippen molar-refractivity contribution in [3.8, 4) is 23.0 Å². The predicted octanol–water partition coefficient (Wildman–Crippen LogP) is 6.37. The Balaban J connectivity index is 2.43. The highest BCUT2D eigenvalue weighted by atomic mass is 16.4. The zero-order valence-electron chi connectivity index (χ0n) is 20.3. The standard InChI is InChI=1S/C28H32O6/c1-14(2)7-9-17(16(5)6)13-20-23(30)18(10-8-15(3)4)24(31)22-25(32)19-11-12-21(29)26(33)28(19)34-27(20)22/h7-8,11-12,17,29-31,33H,5,9-10,13H2,1-4,6H3. The summed E-state index contributed by atoms with van der Waals surface area (Å²) in [7, 11) is 0. The molecule has 1 aromatic heterocycles. The highest BCUT2D eigenvalue weighted by Crippen LogP contribution is 2.43. The summed E-state index contributed by atoms with van der Waals surface area (Å²) in [6, 6.07) is 2.53. The topological polar surface area (TPSA) is 111 Å². The minimum atomic E-state index is -0.573. The van der Waals surface area contributed by atoms with Gasteiger partial charge in [-0.25, -0.2) is 0 Å². The van der Waals surface area contributed by atoms with Gasteiger partial charge in [0.25, 0.3) is 0 Å². The summed E-state index contributed by atoms with van der Waals surface area (Å²) >= 11 is 0. The van der Waals surface area contributed by atoms with Crippen molar-refractivity contribution in [3.05, 3.63) is 68.9 Å². The van der Waals surface area contributed by atoms with Gasteiger partial charge in [0, 0.05) is 11.1 Å². The Bertz CT molecular complexity index is 1400. The summed E-state index contributed by atoms with van der Waals surface area (Å²) in [5.74, 6) is -1.59. The van der Waals surface area contributed by atoms with Gasteiger partial charge in [-0.1, -0.05) is 35.5 Å². The van der Waals surface area contributed by atoms with E-state index < -0.39 is 16.9 Å². The third-order valence-corrected chi connectivity index (χ3v) is 6.05. The maximum Gasteiger partial charge on any atom is 0.204 e. The van der Waals surface area contributed by atoms with Gasteiger partial charge < -0.3 is 24.8 Å². The zero-order valence-corrected chi connectivity index (χ0v) is 20.3. The van der Waals surface area contributed by atoms with Gasteiger partial charge in [0.1, 0.15) is 22.5 Å². The maximum absolute atomic E-state index is 13.4. The quantitative estimate of drug-likeness (QED) is 0.184. The highest BCUT2D eigenvalue weighted by Gasteiger charge is 2.26. The Kier molecular flexibility index (Phi) is 7.10. The van der Waals surface area contributed by atoms with Crippen LogP contribution in [-0.2, 0) is 12.8 Å². The molecule has 34 heavy (non-hydrogen) atoms. The zero-order chi connectivity index (χ0) is 25.3. The fourth-order valence-electron chi connectivity index (χ4n) is 3.99. The molecule has 1 heterocycles. The van der Waals surface area contributed by atoms with E-state index in [0.717, 1.165) is 16.7 Å². The van der Waals surface area contributed by atoms with Crippen molar-refractivity contribution in [1.29, 1.82) is 0 Å². The van der Waals surface area contributed by atoms with Gasteiger partial charge in [0.15, 0.2) is 11.3 Å². The average molecular weight is 465 g/mol. The fraction of sp³-hybridized carbons (Fsp3) is 0.321. The van der Waals surface area contributed by atoms with E-state index in [9.17, 15) is 25.2 Å². The molecule has 6 nitrogen and oxygen atoms in total. The van der Waals surface area contributed by atoms with Crippen LogP contribution in [0.25, 0.3) is 21.9 Å². The Labute approximate surface area is 198 Å². The molecule has 0 fully saturated rings. The molecule has 0 aliphatic rings. The molecule has 0 aliphatic heterocycles. The molecule has 0 saturated carbocycles. The van der Waals surface area contributed by atoms with Gasteiger partial charge in [-0.2, -0.15) is 0 Å². The number of phenols is 4. The van der Waals surface area contributed by atoms with Crippen LogP contribution < -0.4 is 5.43 Å². The van der Waals surface area contributed by atoms with Crippen molar-refractivity contribution >= 4 is 21.9 Å². The van der Waals surface area contributed by atoms with E-state index in [4.69, 9.17) is 4.42 Å². The van der Waals surface area contributed by atoms with Crippen LogP contribution in [0.5, 0.6) is 23.0 Å². The van der Waals surface area contributed by atoms with Crippen LogP contribution in [0.2, 0.25) is 0 Å². The van der Waals surface area contributed by atoms with Crippen molar-refractivity contribution < 1.29 is 24.8 Å². The third kappa shape index (κ3) is 4.67. The van der Waals surface area contributed by atoms with Gasteiger partial charge in [-0.05, 0) is 71.9 Å². The summed E-state index contributed by atoms with van der Waals surface area (Å²) in [6.45, 7) is 13.8. The van der Waals surface area contributed by atoms with Crippen molar-refractivity contribution in [2.45, 2.75) is 53.9 Å². The first-order valence-electron chi connectivity index (χ1n) is 11.2. The molecule has 1 unspecified atom stereocenters. The average Bonchev–Trinajstić information content (AvgIpc) is 2.75. The predicted molar refractivity (Wildman–Crippen MR) is 136 cm³/mol. The molecular formula is C28H32O6. The molecule has 0 amide bonds. The number of phenolic OH excluding ortho intramolecular Hbond substituents is 4. The van der Waals surface area contributed by atoms with E-state index in [1.54, 1.807) is 0 Å². The second kappa shape index (κ2) is 9.67. The molecular weight excluding hydrogens is 432 g/mol. The van der Waals surface area contributed by atoms with Crippen LogP contribution >= 0.6 is 0 Å². The molecule has 0 saturated heterocycles. The van der Waals surface area contributed by atoms with E-state index in [1.165, 1.54) is 12.1 Å². The number of rotatable bonds is 7. The first-order chi connectivity index (χ1) is 15.9. The molecule has 0 bridgehead atoms. The Morgan fingerprint density at radius 2 is 1.56 bits per heavy atom. The van der Waals surface area contributed by atoms with E-state index in [2.05, 4.69) is 12.7 Å². The summed E-state index contributed by atoms with van der Waals surface area (Å²) in [4.78, 5) is 13.4. The van der Waals surface area contributed by atoms with Crippen LogP contribution in [0.15, 0.2) is 56.8 Å². The van der Waals surface area contributed by atoms with Crippen LogP contribution in [0.4, 0.5) is 0 Å². The van der Waals surface area contributed by atoms with Crippen molar-refractivity contribution in [2.24, 2.45) is 5.92 Å². The number of benzene rings is 2. The summed E-state index contributed by atoms with van der Waals surface area (Å²) < 4.78 is 5.93. The number of fused-ring (bicyclic) bond motifs is 2. The van der Waals surface area contributed by atoms with E-state index in [0.29, 0.717) is 18.4 Å². The second-order valence-corrected chi connectivity index (χ2v) is 9.35. The summed E-state index contributed by atoms with van der Waals surface area (Å²) in [5, 5.41) is 42.6. The van der Waals surface area contributed by atoms with Gasteiger partial charge in [0.2, 0.25) is 11.2 Å². The smallest absolute Gasteiger partial charge is 0.204 e. The lowest BCUT2D eigenvalue weighted by atomic mass is 9.87. The van der Waals surface area contributed by atoms with Crippen molar-refractivity contribution in [2.75, 3.05) is 0 Å². The van der Waals surface area contributed by atoms with Crippen LogP contribution in [-0.4, -0.2) is 20.4 Å². The molecule has 4 N–H and O–H groups in total. The van der Waals surface area contributed by atoms with Crippen LogP contribution in [0, 0.1) is 5.92 Å². The number of hydrogen-bond donors (Lipinski definition) is 4. The lowest BCUT2D eigenvalue weighted by molar-refractivity contribution is 0.400. The normalized spacial score (nSPS) is 12.0. The fourth-order valence-corrected chi connectivity index (χ4v) is 3.99. The Morgan fingerprint density at radius 3 is 2.15 bits per heavy atom. The lowest BCUT2D eigenvalue weighted by Crippen LogP contribution is -2.10. The molecule has 1 atom stereocenters. The van der Waals surface area contributed by atoms with E-state index in [-0.39, 0.29) is 51.3 Å². The lowest BCUT2D eigenvalue weighted by Gasteiger charge is -2.20. The molecule has 6 heteroatoms. The monoisotopic (exact) mass is 464 g/mol. The first kappa shape index (κ1) is 25.0. The minimum absolute atomic E-state index is 0.0159. The second-order valence-electron chi connectivity index (χ2n) is 9.35. The van der Waals surface area contributed by atoms with Gasteiger partial charge in [-0.15, -0.1) is 0 Å². The number of allylic oxidation sites excluding steroid dienone is 5. The van der Waals surface area contributed by atoms with Crippen molar-refractivity contribution in [3.63, 3.8) is 0 Å². The maximum atomic E-state index is 13.4. The Hall–Kier alpha value is -3.67. The minimum Gasteiger partial charge on any atom is -0.507 e. The van der Waals surface area contributed by atoms with Crippen LogP contribution in [0.1, 0.15) is 52.2 Å². The van der Waals surface area contributed by atoms with E-state index >= 15 is 0 Å². The summed E-state index contributed by atoms with van der Waals surface area (Å²) in [6.07, 6.45) is 5.14. The first-order valence-corrected chi connectivity index (χ1v) is 11.2. The molecule has 0 radical (unpaired) electrons. The molecule has 3 aromatic rings. The van der Waals surface area contributed by atoms with Gasteiger partial charge in [0.05, 0.1) is 5.39 Å². The number of hydrogen-bond acceptors (Lipinski definition) is 6. The van der Waals surface area contributed by atoms with Crippen molar-refractivity contribution in [1.82, 2.24) is 0 Å². The largest absolute Gasteiger partial charge is 0.507 e. The molecule has 180 valence electrons. The van der Waals surface area contributed by atoms with Gasteiger partial charge in [-0.3, -0.25) is 4.79 Å². The molecule has 2 aromatic carbocycles. The third-order valence-electron chi connectivity index (χ3n) is 6.05. The van der Waals surface area contributed by atoms with Crippen LogP contribution in [0.3, 0.4) is 0 Å². The SMILES string of the molecule is C=C(C)C(CC=C(C)C)Cc1c(O)c(CC=C(C)C)c(O)c2c(=O)c3ccc(O)c(O)c3oc12. The number of aromatic hydroxyl groups is 4. The Morgan fingerprint density at radius 1 is 0.912 bits per heavy atom. The van der Waals surface area contributed by atoms with E-state index in [1.807, 2.05) is 40.7 Å².